The molecule has 8 heavy (non-hydrogen) atoms. The Morgan fingerprint density at radius 2 is 2.38 bits per heavy atom. The van der Waals surface area contributed by atoms with Crippen LogP contribution in [0.25, 0.3) is 0 Å². The normalized spacial score (nSPS) is 20.8. The number of rotatable bonds is 0. The zero-order valence-corrected chi connectivity index (χ0v) is 4.72. The first-order chi connectivity index (χ1) is 3.89. The Kier molecular flexibility index (Phi) is 1.78. The summed E-state index contributed by atoms with van der Waals surface area (Å²) >= 11 is 0. The van der Waals surface area contributed by atoms with Gasteiger partial charge in [0, 0.05) is 0 Å². The molecule has 0 aliphatic carbocycles. The summed E-state index contributed by atoms with van der Waals surface area (Å²) in [6.07, 6.45) is 4.60. The predicted octanol–water partition coefficient (Wildman–Crippen LogP) is 0.918. The van der Waals surface area contributed by atoms with E-state index in [1.54, 1.807) is 6.42 Å². The molecule has 0 aromatic rings. The van der Waals surface area contributed by atoms with Crippen molar-refractivity contribution in [2.45, 2.75) is 19.3 Å². The fourth-order valence-electron chi connectivity index (χ4n) is 0.698. The molecule has 2 nitrogen and oxygen atoms in total. The lowest BCUT2D eigenvalue weighted by Crippen LogP contribution is -2.00. The second-order valence-corrected chi connectivity index (χ2v) is 1.87. The average Bonchev–Trinajstić information content (AvgIpc) is 1.94. The molecular formula is C6H9O2+. The van der Waals surface area contributed by atoms with Crippen LogP contribution in [0.1, 0.15) is 19.3 Å². The number of hydrogen-bond donors (Lipinski definition) is 0. The van der Waals surface area contributed by atoms with Crippen molar-refractivity contribution in [1.82, 2.24) is 0 Å². The maximum absolute atomic E-state index is 10.4. The third-order valence-electron chi connectivity index (χ3n) is 1.15. The molecule has 0 saturated carbocycles. The van der Waals surface area contributed by atoms with E-state index in [-0.39, 0.29) is 5.97 Å². The van der Waals surface area contributed by atoms with Crippen LogP contribution in [0.3, 0.4) is 0 Å². The van der Waals surface area contributed by atoms with Crippen molar-refractivity contribution in [1.29, 1.82) is 0 Å². The molecule has 0 bridgehead atoms. The van der Waals surface area contributed by atoms with Crippen LogP contribution >= 0.6 is 0 Å². The molecule has 1 fully saturated rings. The quantitative estimate of drug-likeness (QED) is 0.345. The molecule has 0 N–H and O–H groups in total. The highest BCUT2D eigenvalue weighted by molar-refractivity contribution is 5.78. The van der Waals surface area contributed by atoms with Gasteiger partial charge in [-0.2, -0.15) is 4.79 Å². The maximum atomic E-state index is 10.4. The molecule has 0 atom stereocenters. The Bertz CT molecular complexity index is 78.5. The van der Waals surface area contributed by atoms with Gasteiger partial charge in [-0.15, -0.1) is 0 Å². The Hall–Kier alpha value is -0.660. The van der Waals surface area contributed by atoms with Gasteiger partial charge in [0.15, 0.2) is 6.42 Å². The number of carbonyl (C=O) groups is 1. The van der Waals surface area contributed by atoms with Gasteiger partial charge in [-0.3, -0.25) is 0 Å². The molecule has 0 amide bonds. The van der Waals surface area contributed by atoms with Crippen molar-refractivity contribution in [3.63, 3.8) is 0 Å². The molecule has 0 spiro atoms. The molecule has 0 aromatic heterocycles. The zero-order valence-electron chi connectivity index (χ0n) is 4.72. The van der Waals surface area contributed by atoms with Crippen molar-refractivity contribution in [3.8, 4) is 0 Å². The third-order valence-corrected chi connectivity index (χ3v) is 1.15. The van der Waals surface area contributed by atoms with Crippen LogP contribution in [0.5, 0.6) is 0 Å². The van der Waals surface area contributed by atoms with Gasteiger partial charge in [0.2, 0.25) is 0 Å². The van der Waals surface area contributed by atoms with E-state index in [4.69, 9.17) is 4.74 Å². The highest BCUT2D eigenvalue weighted by Crippen LogP contribution is 2.05. The lowest BCUT2D eigenvalue weighted by molar-refractivity contribution is -0.138. The number of esters is 1. The molecule has 1 aliphatic heterocycles. The van der Waals surface area contributed by atoms with E-state index in [1.165, 1.54) is 0 Å². The molecule has 0 unspecified atom stereocenters. The Labute approximate surface area is 48.8 Å². The van der Waals surface area contributed by atoms with Crippen molar-refractivity contribution < 1.29 is 9.53 Å². The first-order valence-corrected chi connectivity index (χ1v) is 2.89. The van der Waals surface area contributed by atoms with Gasteiger partial charge in [-0.1, -0.05) is 0 Å². The summed E-state index contributed by atoms with van der Waals surface area (Å²) in [6.45, 7) is 0.606. The molecule has 1 rings (SSSR count). The zero-order chi connectivity index (χ0) is 5.82. The molecule has 2 heteroatoms. The van der Waals surface area contributed by atoms with E-state index in [0.717, 1.165) is 19.3 Å². The van der Waals surface area contributed by atoms with Crippen LogP contribution in [0.4, 0.5) is 0 Å². The predicted molar refractivity (Wildman–Crippen MR) is 29.1 cm³/mol. The van der Waals surface area contributed by atoms with Crippen molar-refractivity contribution in [2.24, 2.45) is 0 Å². The smallest absolute Gasteiger partial charge is 0.430 e. The van der Waals surface area contributed by atoms with Gasteiger partial charge in [0.25, 0.3) is 0 Å². The largest absolute Gasteiger partial charge is 0.496 e. The molecule has 1 heterocycles. The fourth-order valence-corrected chi connectivity index (χ4v) is 0.698. The highest BCUT2D eigenvalue weighted by atomic mass is 16.5. The van der Waals surface area contributed by atoms with Crippen LogP contribution in [-0.2, 0) is 9.53 Å². The molecule has 44 valence electrons. The summed E-state index contributed by atoms with van der Waals surface area (Å²) in [5, 5.41) is 0. The van der Waals surface area contributed by atoms with Crippen molar-refractivity contribution in [2.75, 3.05) is 6.61 Å². The van der Waals surface area contributed by atoms with Crippen molar-refractivity contribution >= 4 is 5.97 Å². The van der Waals surface area contributed by atoms with Crippen molar-refractivity contribution in [3.05, 3.63) is 6.42 Å². The minimum Gasteiger partial charge on any atom is -0.430 e. The summed E-state index contributed by atoms with van der Waals surface area (Å²) in [5.74, 6) is -0.150. The first kappa shape index (κ1) is 5.48. The topological polar surface area (TPSA) is 26.3 Å². The van der Waals surface area contributed by atoms with Gasteiger partial charge < -0.3 is 4.74 Å². The third kappa shape index (κ3) is 1.45. The van der Waals surface area contributed by atoms with E-state index in [2.05, 4.69) is 0 Å². The van der Waals surface area contributed by atoms with Crippen LogP contribution in [0, 0.1) is 6.42 Å². The van der Waals surface area contributed by atoms with E-state index in [9.17, 15) is 4.79 Å². The summed E-state index contributed by atoms with van der Waals surface area (Å²) in [5.41, 5.74) is 0. The first-order valence-electron chi connectivity index (χ1n) is 2.89. The summed E-state index contributed by atoms with van der Waals surface area (Å²) in [6, 6.07) is 0. The number of cyclic esters (lactones) is 1. The number of hydrogen-bond acceptors (Lipinski definition) is 2. The lowest BCUT2D eigenvalue weighted by Gasteiger charge is -1.88. The average molecular weight is 113 g/mol. The van der Waals surface area contributed by atoms with Gasteiger partial charge >= 0.3 is 5.97 Å². The minimum atomic E-state index is -0.150. The van der Waals surface area contributed by atoms with Crippen LogP contribution < -0.4 is 0 Å². The van der Waals surface area contributed by atoms with E-state index >= 15 is 0 Å². The standard InChI is InChI=1S/C6H9O2/c7-6-4-2-1-3-5-8-6/h4H,1-3,5H2/q+1. The van der Waals surface area contributed by atoms with Crippen LogP contribution in [0.2, 0.25) is 0 Å². The molecule has 0 radical (unpaired) electrons. The van der Waals surface area contributed by atoms with Crippen LogP contribution in [-0.4, -0.2) is 12.6 Å². The highest BCUT2D eigenvalue weighted by Gasteiger charge is 2.16. The van der Waals surface area contributed by atoms with Gasteiger partial charge in [0.1, 0.15) is 6.42 Å². The Morgan fingerprint density at radius 1 is 1.50 bits per heavy atom. The van der Waals surface area contributed by atoms with E-state index < -0.39 is 0 Å². The monoisotopic (exact) mass is 113 g/mol. The summed E-state index contributed by atoms with van der Waals surface area (Å²) in [7, 11) is 0. The van der Waals surface area contributed by atoms with Gasteiger partial charge in [-0.25, -0.2) is 0 Å². The Balaban J connectivity index is 2.27. The SMILES string of the molecule is O=C1[CH+]CCCCO1. The summed E-state index contributed by atoms with van der Waals surface area (Å²) in [4.78, 5) is 10.4. The number of carbonyl (C=O) groups excluding carboxylic acids is 1. The second-order valence-electron chi connectivity index (χ2n) is 1.87. The lowest BCUT2D eigenvalue weighted by atomic mass is 10.2. The van der Waals surface area contributed by atoms with Gasteiger partial charge in [-0.05, 0) is 12.8 Å². The maximum Gasteiger partial charge on any atom is 0.496 e. The van der Waals surface area contributed by atoms with Crippen LogP contribution in [0.15, 0.2) is 0 Å². The second kappa shape index (κ2) is 2.60. The fraction of sp³-hybridized carbons (Fsp3) is 0.667. The van der Waals surface area contributed by atoms with E-state index in [1.807, 2.05) is 0 Å². The van der Waals surface area contributed by atoms with E-state index in [0.29, 0.717) is 6.61 Å². The summed E-state index contributed by atoms with van der Waals surface area (Å²) < 4.78 is 4.71. The minimum absolute atomic E-state index is 0.150. The molecule has 1 aliphatic rings. The Morgan fingerprint density at radius 3 is 3.25 bits per heavy atom. The molecular weight excluding hydrogens is 104 g/mol. The molecule has 0 aromatic carbocycles. The van der Waals surface area contributed by atoms with Gasteiger partial charge in [0.05, 0.1) is 6.61 Å². The number of ether oxygens (including phenoxy) is 1. The molecule has 1 saturated heterocycles.